The van der Waals surface area contributed by atoms with Gasteiger partial charge in [-0.05, 0) is 61.4 Å². The third kappa shape index (κ3) is 5.80. The number of nitrogens with zero attached hydrogens (tertiary/aromatic N) is 1. The van der Waals surface area contributed by atoms with E-state index < -0.39 is 51.3 Å². The maximum atomic E-state index is 14.8. The number of ether oxygens (including phenoxy) is 1. The summed E-state index contributed by atoms with van der Waals surface area (Å²) in [5, 5.41) is 2.76. The van der Waals surface area contributed by atoms with E-state index >= 15 is 0 Å². The molecular formula is C27H28F4N2O5S. The molecule has 39 heavy (non-hydrogen) atoms. The molecule has 0 aromatic heterocycles. The van der Waals surface area contributed by atoms with Gasteiger partial charge in [0.2, 0.25) is 5.91 Å². The van der Waals surface area contributed by atoms with E-state index in [9.17, 15) is 35.6 Å². The van der Waals surface area contributed by atoms with E-state index in [2.05, 4.69) is 11.9 Å². The van der Waals surface area contributed by atoms with Crippen molar-refractivity contribution in [3.8, 4) is 5.75 Å². The average Bonchev–Trinajstić information content (AvgIpc) is 3.65. The minimum atomic E-state index is -4.71. The first-order chi connectivity index (χ1) is 18.1. The summed E-state index contributed by atoms with van der Waals surface area (Å²) in [6, 6.07) is 4.08. The van der Waals surface area contributed by atoms with Crippen LogP contribution < -0.4 is 10.1 Å². The number of halogens is 4. The van der Waals surface area contributed by atoms with E-state index in [1.165, 1.54) is 30.2 Å². The van der Waals surface area contributed by atoms with Crippen molar-refractivity contribution in [2.24, 2.45) is 11.8 Å². The van der Waals surface area contributed by atoms with Gasteiger partial charge in [-0.25, -0.2) is 12.8 Å². The Kier molecular flexibility index (Phi) is 7.54. The maximum absolute atomic E-state index is 14.8. The summed E-state index contributed by atoms with van der Waals surface area (Å²) in [4.78, 5) is 28.3. The zero-order valence-corrected chi connectivity index (χ0v) is 22.3. The van der Waals surface area contributed by atoms with Crippen molar-refractivity contribution >= 4 is 21.7 Å². The molecule has 3 atom stereocenters. The largest absolute Gasteiger partial charge is 0.496 e. The highest BCUT2D eigenvalue weighted by atomic mass is 32.2. The Hall–Kier alpha value is -3.41. The third-order valence-electron chi connectivity index (χ3n) is 7.17. The van der Waals surface area contributed by atoms with Gasteiger partial charge in [0.25, 0.3) is 5.91 Å². The maximum Gasteiger partial charge on any atom is 0.416 e. The summed E-state index contributed by atoms with van der Waals surface area (Å²) in [6.45, 7) is 5.73. The van der Waals surface area contributed by atoms with E-state index in [4.69, 9.17) is 4.74 Å². The van der Waals surface area contributed by atoms with Gasteiger partial charge in [0.1, 0.15) is 17.6 Å². The summed E-state index contributed by atoms with van der Waals surface area (Å²) >= 11 is 0. The van der Waals surface area contributed by atoms with Crippen LogP contribution in [0.5, 0.6) is 5.75 Å². The van der Waals surface area contributed by atoms with Crippen molar-refractivity contribution in [2.45, 2.75) is 49.3 Å². The fourth-order valence-electron chi connectivity index (χ4n) is 4.81. The number of carbonyl (C=O) groups is 2. The Morgan fingerprint density at radius 1 is 1.15 bits per heavy atom. The summed E-state index contributed by atoms with van der Waals surface area (Å²) < 4.78 is 83.4. The molecule has 4 rings (SSSR count). The predicted molar refractivity (Wildman–Crippen MR) is 134 cm³/mol. The molecule has 2 amide bonds. The Morgan fingerprint density at radius 3 is 2.36 bits per heavy atom. The molecule has 2 aromatic carbocycles. The highest BCUT2D eigenvalue weighted by Gasteiger charge is 2.44. The number of amides is 2. The first-order valence-electron chi connectivity index (χ1n) is 12.2. The number of likely N-dealkylation sites (tertiary alicyclic amines) is 1. The van der Waals surface area contributed by atoms with Crippen LogP contribution in [0.15, 0.2) is 53.6 Å². The lowest BCUT2D eigenvalue weighted by atomic mass is 9.98. The summed E-state index contributed by atoms with van der Waals surface area (Å²) in [7, 11) is -2.34. The summed E-state index contributed by atoms with van der Waals surface area (Å²) in [5.74, 6) is -2.77. The molecule has 0 spiro atoms. The van der Waals surface area contributed by atoms with E-state index in [1.54, 1.807) is 6.92 Å². The molecule has 0 unspecified atom stereocenters. The van der Waals surface area contributed by atoms with E-state index in [1.807, 2.05) is 0 Å². The lowest BCUT2D eigenvalue weighted by Gasteiger charge is -2.28. The smallest absolute Gasteiger partial charge is 0.416 e. The molecular weight excluding hydrogens is 540 g/mol. The zero-order chi connectivity index (χ0) is 28.9. The van der Waals surface area contributed by atoms with Crippen molar-refractivity contribution in [2.75, 3.05) is 13.4 Å². The van der Waals surface area contributed by atoms with Gasteiger partial charge >= 0.3 is 6.18 Å². The highest BCUT2D eigenvalue weighted by Crippen LogP contribution is 2.43. The van der Waals surface area contributed by atoms with Crippen LogP contribution in [0.4, 0.5) is 17.6 Å². The van der Waals surface area contributed by atoms with Crippen molar-refractivity contribution in [1.82, 2.24) is 10.2 Å². The van der Waals surface area contributed by atoms with Crippen molar-refractivity contribution < 1.29 is 40.3 Å². The lowest BCUT2D eigenvalue weighted by molar-refractivity contribution is -0.137. The number of nitrogens with one attached hydrogen (secondary N) is 1. The van der Waals surface area contributed by atoms with Gasteiger partial charge in [0.15, 0.2) is 9.84 Å². The number of sulfone groups is 1. The number of alkyl halides is 3. The molecule has 0 bridgehead atoms. The molecule has 1 aliphatic heterocycles. The standard InChI is InChI=1S/C27H28F4N2O5S/c1-14-11-22(33(15(14)2)26(35)20-13-18(39(4,36)37)8-10-23(20)38-3)25(34)32-24(16-5-6-16)19-9-7-17(12-21(19)28)27(29,30)31/h7-10,12-14,16,22,24H,2,5-6,11H2,1,3-4H3,(H,32,34)/t14-,22-,24-/m1/s1. The van der Waals surface area contributed by atoms with Crippen LogP contribution in [0.1, 0.15) is 53.7 Å². The highest BCUT2D eigenvalue weighted by molar-refractivity contribution is 7.90. The monoisotopic (exact) mass is 568 g/mol. The molecule has 1 saturated carbocycles. The van der Waals surface area contributed by atoms with Crippen molar-refractivity contribution in [3.05, 3.63) is 71.2 Å². The van der Waals surface area contributed by atoms with E-state index in [0.29, 0.717) is 24.6 Å². The number of carbonyl (C=O) groups excluding carboxylic acids is 2. The minimum Gasteiger partial charge on any atom is -0.496 e. The quantitative estimate of drug-likeness (QED) is 0.481. The Morgan fingerprint density at radius 2 is 1.82 bits per heavy atom. The average molecular weight is 569 g/mol. The zero-order valence-electron chi connectivity index (χ0n) is 21.5. The number of methoxy groups -OCH3 is 1. The molecule has 2 fully saturated rings. The second-order valence-corrected chi connectivity index (χ2v) is 12.0. The number of allylic oxidation sites excluding steroid dienone is 1. The number of rotatable bonds is 7. The van der Waals surface area contributed by atoms with Gasteiger partial charge in [-0.15, -0.1) is 0 Å². The Labute approximate surface area is 223 Å². The van der Waals surface area contributed by atoms with E-state index in [0.717, 1.165) is 18.4 Å². The van der Waals surface area contributed by atoms with Gasteiger partial charge in [-0.2, -0.15) is 13.2 Å². The Bertz CT molecular complexity index is 1440. The van der Waals surface area contributed by atoms with E-state index in [-0.39, 0.29) is 40.0 Å². The fourth-order valence-corrected chi connectivity index (χ4v) is 5.46. The van der Waals surface area contributed by atoms with Crippen LogP contribution in [0.25, 0.3) is 0 Å². The normalized spacial score (nSPS) is 20.6. The van der Waals surface area contributed by atoms with Crippen molar-refractivity contribution in [1.29, 1.82) is 0 Å². The van der Waals surface area contributed by atoms with Crippen LogP contribution in [0.2, 0.25) is 0 Å². The van der Waals surface area contributed by atoms with Gasteiger partial charge < -0.3 is 10.1 Å². The van der Waals surface area contributed by atoms with Crippen LogP contribution in [0, 0.1) is 17.7 Å². The Balaban J connectivity index is 1.65. The molecule has 2 aromatic rings. The van der Waals surface area contributed by atoms with Crippen LogP contribution in [-0.4, -0.2) is 44.5 Å². The molecule has 1 heterocycles. The van der Waals surface area contributed by atoms with Crippen LogP contribution >= 0.6 is 0 Å². The number of hydrogen-bond donors (Lipinski definition) is 1. The molecule has 0 radical (unpaired) electrons. The third-order valence-corrected chi connectivity index (χ3v) is 8.28. The number of hydrogen-bond acceptors (Lipinski definition) is 5. The number of benzene rings is 2. The first kappa shape index (κ1) is 28.6. The molecule has 1 N–H and O–H groups in total. The van der Waals surface area contributed by atoms with Gasteiger partial charge in [0.05, 0.1) is 29.2 Å². The topological polar surface area (TPSA) is 92.8 Å². The summed E-state index contributed by atoms with van der Waals surface area (Å²) in [6.07, 6.45) is -2.23. The predicted octanol–water partition coefficient (Wildman–Crippen LogP) is 4.89. The van der Waals surface area contributed by atoms with Crippen LogP contribution in [0.3, 0.4) is 0 Å². The lowest BCUT2D eigenvalue weighted by Crippen LogP contribution is -2.46. The molecule has 12 heteroatoms. The molecule has 2 aliphatic rings. The molecule has 1 saturated heterocycles. The van der Waals surface area contributed by atoms with Gasteiger partial charge in [0, 0.05) is 17.5 Å². The van der Waals surface area contributed by atoms with Crippen LogP contribution in [-0.2, 0) is 20.8 Å². The minimum absolute atomic E-state index is 0.0656. The fraction of sp³-hybridized carbons (Fsp3) is 0.407. The summed E-state index contributed by atoms with van der Waals surface area (Å²) in [5.41, 5.74) is -0.951. The second kappa shape index (κ2) is 10.3. The molecule has 210 valence electrons. The second-order valence-electron chi connectivity index (χ2n) is 10.0. The van der Waals surface area contributed by atoms with Crippen molar-refractivity contribution in [3.63, 3.8) is 0 Å². The molecule has 7 nitrogen and oxygen atoms in total. The molecule has 1 aliphatic carbocycles. The van der Waals surface area contributed by atoms with Gasteiger partial charge in [-0.3, -0.25) is 14.5 Å². The van der Waals surface area contributed by atoms with Gasteiger partial charge in [-0.1, -0.05) is 19.6 Å². The first-order valence-corrected chi connectivity index (χ1v) is 14.1. The SMILES string of the molecule is C=C1[C@H](C)C[C@H](C(=O)N[C@@H](c2ccc(C(F)(F)F)cc2F)C2CC2)N1C(=O)c1cc(S(C)(=O)=O)ccc1OC.